The summed E-state index contributed by atoms with van der Waals surface area (Å²) in [5.74, 6) is 0.518. The standard InChI is InChI=1S/C21H31N3O4S/c1-15(2)13-18(23-29(26,27)17-10-8-16(3)9-11-17)21(25)22-14-19(24(4)5)20-7-6-12-28-20/h6-12,15,18-19,23H,13-14H2,1-5H3,(H,22,25). The van der Waals surface area contributed by atoms with E-state index < -0.39 is 16.1 Å². The molecule has 2 N–H and O–H groups in total. The van der Waals surface area contributed by atoms with Gasteiger partial charge in [0.1, 0.15) is 11.8 Å². The molecule has 29 heavy (non-hydrogen) atoms. The summed E-state index contributed by atoms with van der Waals surface area (Å²) in [5.41, 5.74) is 0.966. The summed E-state index contributed by atoms with van der Waals surface area (Å²) < 4.78 is 33.5. The minimum atomic E-state index is -3.80. The number of carbonyl (C=O) groups is 1. The first-order valence-electron chi connectivity index (χ1n) is 9.66. The molecule has 0 radical (unpaired) electrons. The van der Waals surface area contributed by atoms with Crippen LogP contribution in [0, 0.1) is 12.8 Å². The largest absolute Gasteiger partial charge is 0.468 e. The summed E-state index contributed by atoms with van der Waals surface area (Å²) in [6, 6.07) is 9.19. The summed E-state index contributed by atoms with van der Waals surface area (Å²) in [6.07, 6.45) is 1.98. The maximum Gasteiger partial charge on any atom is 0.241 e. The van der Waals surface area contributed by atoms with Crippen molar-refractivity contribution in [2.45, 2.75) is 44.2 Å². The molecule has 1 amide bonds. The number of aryl methyl sites for hydroxylation is 1. The number of furan rings is 1. The molecule has 0 aliphatic rings. The van der Waals surface area contributed by atoms with Crippen LogP contribution in [0.5, 0.6) is 0 Å². The third kappa shape index (κ3) is 6.69. The number of carbonyl (C=O) groups excluding carboxylic acids is 1. The number of nitrogens with zero attached hydrogens (tertiary/aromatic N) is 1. The van der Waals surface area contributed by atoms with Crippen molar-refractivity contribution >= 4 is 15.9 Å². The highest BCUT2D eigenvalue weighted by molar-refractivity contribution is 7.89. The van der Waals surface area contributed by atoms with Gasteiger partial charge >= 0.3 is 0 Å². The Kier molecular flexibility index (Phi) is 8.01. The van der Waals surface area contributed by atoms with Gasteiger partial charge in [-0.25, -0.2) is 8.42 Å². The molecule has 0 fully saturated rings. The highest BCUT2D eigenvalue weighted by Gasteiger charge is 2.27. The van der Waals surface area contributed by atoms with E-state index in [1.165, 1.54) is 0 Å². The Labute approximate surface area is 173 Å². The Morgan fingerprint density at radius 1 is 1.14 bits per heavy atom. The van der Waals surface area contributed by atoms with Gasteiger partial charge in [0.15, 0.2) is 0 Å². The maximum atomic E-state index is 12.9. The first-order valence-corrected chi connectivity index (χ1v) is 11.1. The van der Waals surface area contributed by atoms with Gasteiger partial charge in [-0.1, -0.05) is 31.5 Å². The lowest BCUT2D eigenvalue weighted by atomic mass is 10.0. The lowest BCUT2D eigenvalue weighted by molar-refractivity contribution is -0.123. The SMILES string of the molecule is Cc1ccc(S(=O)(=O)NC(CC(C)C)C(=O)NCC(c2ccco2)N(C)C)cc1. The van der Waals surface area contributed by atoms with Crippen molar-refractivity contribution in [1.82, 2.24) is 14.9 Å². The van der Waals surface area contributed by atoms with Crippen molar-refractivity contribution in [3.63, 3.8) is 0 Å². The Bertz CT molecular complexity index is 875. The second-order valence-corrected chi connectivity index (χ2v) is 9.57. The number of amides is 1. The van der Waals surface area contributed by atoms with E-state index in [0.717, 1.165) is 11.3 Å². The molecule has 2 atom stereocenters. The molecule has 0 aliphatic carbocycles. The van der Waals surface area contributed by atoms with Crippen LogP contribution in [0.2, 0.25) is 0 Å². The fourth-order valence-electron chi connectivity index (χ4n) is 2.99. The Morgan fingerprint density at radius 2 is 1.79 bits per heavy atom. The first-order chi connectivity index (χ1) is 13.6. The van der Waals surface area contributed by atoms with E-state index in [2.05, 4.69) is 10.0 Å². The number of hydrogen-bond donors (Lipinski definition) is 2. The summed E-state index contributed by atoms with van der Waals surface area (Å²) >= 11 is 0. The van der Waals surface area contributed by atoms with E-state index in [4.69, 9.17) is 4.42 Å². The number of sulfonamides is 1. The summed E-state index contributed by atoms with van der Waals surface area (Å²) in [7, 11) is -0.0170. The van der Waals surface area contributed by atoms with Crippen LogP contribution >= 0.6 is 0 Å². The number of benzene rings is 1. The van der Waals surface area contributed by atoms with Crippen molar-refractivity contribution < 1.29 is 17.6 Å². The molecule has 8 heteroatoms. The molecule has 1 aromatic heterocycles. The molecule has 0 aliphatic heterocycles. The Morgan fingerprint density at radius 3 is 2.31 bits per heavy atom. The van der Waals surface area contributed by atoms with Gasteiger partial charge in [0.2, 0.25) is 15.9 Å². The van der Waals surface area contributed by atoms with Crippen LogP contribution < -0.4 is 10.0 Å². The molecule has 0 saturated heterocycles. The normalized spacial score (nSPS) is 14.2. The van der Waals surface area contributed by atoms with Gasteiger partial charge in [0, 0.05) is 6.54 Å². The molecule has 2 rings (SSSR count). The monoisotopic (exact) mass is 421 g/mol. The average Bonchev–Trinajstić information content (AvgIpc) is 3.15. The topological polar surface area (TPSA) is 91.6 Å². The Balaban J connectivity index is 2.12. The van der Waals surface area contributed by atoms with E-state index in [0.29, 0.717) is 13.0 Å². The molecular weight excluding hydrogens is 390 g/mol. The van der Waals surface area contributed by atoms with Crippen LogP contribution in [0.3, 0.4) is 0 Å². The van der Waals surface area contributed by atoms with Crippen molar-refractivity contribution in [3.8, 4) is 0 Å². The molecule has 0 spiro atoms. The van der Waals surface area contributed by atoms with Gasteiger partial charge < -0.3 is 9.73 Å². The van der Waals surface area contributed by atoms with Crippen LogP contribution in [0.15, 0.2) is 52.0 Å². The summed E-state index contributed by atoms with van der Waals surface area (Å²) in [6.45, 7) is 6.09. The predicted molar refractivity (Wildman–Crippen MR) is 113 cm³/mol. The van der Waals surface area contributed by atoms with Gasteiger partial charge in [0.05, 0.1) is 17.2 Å². The van der Waals surface area contributed by atoms with Gasteiger partial charge in [-0.05, 0) is 57.6 Å². The van der Waals surface area contributed by atoms with Crippen LogP contribution in [-0.4, -0.2) is 45.9 Å². The summed E-state index contributed by atoms with van der Waals surface area (Å²) in [5, 5.41) is 2.87. The molecule has 0 bridgehead atoms. The minimum absolute atomic E-state index is 0.140. The number of likely N-dealkylation sites (N-methyl/N-ethyl adjacent to an activating group) is 1. The average molecular weight is 422 g/mol. The Hall–Kier alpha value is -2.16. The van der Waals surface area contributed by atoms with Crippen LogP contribution in [0.25, 0.3) is 0 Å². The summed E-state index contributed by atoms with van der Waals surface area (Å²) in [4.78, 5) is 14.9. The van der Waals surface area contributed by atoms with E-state index in [9.17, 15) is 13.2 Å². The first kappa shape index (κ1) is 23.1. The van der Waals surface area contributed by atoms with E-state index in [-0.39, 0.29) is 22.8 Å². The quantitative estimate of drug-likeness (QED) is 0.615. The smallest absolute Gasteiger partial charge is 0.241 e. The number of hydrogen-bond acceptors (Lipinski definition) is 5. The van der Waals surface area contributed by atoms with E-state index in [1.807, 2.05) is 45.8 Å². The fourth-order valence-corrected chi connectivity index (χ4v) is 4.20. The molecule has 1 aromatic carbocycles. The zero-order chi connectivity index (χ0) is 21.6. The highest BCUT2D eigenvalue weighted by atomic mass is 32.2. The minimum Gasteiger partial charge on any atom is -0.468 e. The lowest BCUT2D eigenvalue weighted by Crippen LogP contribution is -2.48. The van der Waals surface area contributed by atoms with E-state index in [1.54, 1.807) is 36.6 Å². The van der Waals surface area contributed by atoms with Gasteiger partial charge in [-0.15, -0.1) is 0 Å². The molecule has 160 valence electrons. The molecule has 2 unspecified atom stereocenters. The molecular formula is C21H31N3O4S. The number of rotatable bonds is 10. The van der Waals surface area contributed by atoms with Gasteiger partial charge in [0.25, 0.3) is 0 Å². The highest BCUT2D eigenvalue weighted by Crippen LogP contribution is 2.18. The van der Waals surface area contributed by atoms with Crippen LogP contribution in [-0.2, 0) is 14.8 Å². The predicted octanol–water partition coefficient (Wildman–Crippen LogP) is 2.70. The van der Waals surface area contributed by atoms with E-state index >= 15 is 0 Å². The van der Waals surface area contributed by atoms with Crippen LogP contribution in [0.1, 0.15) is 37.6 Å². The van der Waals surface area contributed by atoms with Gasteiger partial charge in [-0.2, -0.15) is 4.72 Å². The third-order valence-electron chi connectivity index (χ3n) is 4.62. The van der Waals surface area contributed by atoms with Crippen molar-refractivity contribution in [1.29, 1.82) is 0 Å². The number of nitrogens with one attached hydrogen (secondary N) is 2. The second kappa shape index (κ2) is 10.0. The zero-order valence-electron chi connectivity index (χ0n) is 17.7. The molecule has 1 heterocycles. The molecule has 0 saturated carbocycles. The van der Waals surface area contributed by atoms with Crippen molar-refractivity contribution in [2.24, 2.45) is 5.92 Å². The third-order valence-corrected chi connectivity index (χ3v) is 6.10. The van der Waals surface area contributed by atoms with Crippen molar-refractivity contribution in [2.75, 3.05) is 20.6 Å². The van der Waals surface area contributed by atoms with Gasteiger partial charge in [-0.3, -0.25) is 9.69 Å². The van der Waals surface area contributed by atoms with Crippen molar-refractivity contribution in [3.05, 3.63) is 54.0 Å². The molecule has 2 aromatic rings. The maximum absolute atomic E-state index is 12.9. The van der Waals surface area contributed by atoms with Crippen LogP contribution in [0.4, 0.5) is 0 Å². The lowest BCUT2D eigenvalue weighted by Gasteiger charge is -2.25. The second-order valence-electron chi connectivity index (χ2n) is 7.86. The fraction of sp³-hybridized carbons (Fsp3) is 0.476. The zero-order valence-corrected chi connectivity index (χ0v) is 18.5. The molecule has 7 nitrogen and oxygen atoms in total.